The molecule has 34 heavy (non-hydrogen) atoms. The smallest absolute Gasteiger partial charge is 0.416 e. The van der Waals surface area contributed by atoms with Crippen LogP contribution in [0.3, 0.4) is 0 Å². The van der Waals surface area contributed by atoms with E-state index in [0.717, 1.165) is 28.3 Å². The van der Waals surface area contributed by atoms with E-state index in [1.54, 1.807) is 0 Å². The quantitative estimate of drug-likeness (QED) is 0.389. The maximum atomic E-state index is 13.3. The van der Waals surface area contributed by atoms with Gasteiger partial charge in [-0.05, 0) is 40.3 Å². The first-order valence-corrected chi connectivity index (χ1v) is 10.7. The van der Waals surface area contributed by atoms with Crippen LogP contribution in [0.4, 0.5) is 13.2 Å². The molecular weight excluding hydrogens is 447 g/mol. The fraction of sp³-hybridized carbons (Fsp3) is 0.231. The number of carbonyl (C=O) groups excluding carboxylic acids is 1. The van der Waals surface area contributed by atoms with Crippen molar-refractivity contribution in [2.45, 2.75) is 24.6 Å². The van der Waals surface area contributed by atoms with Crippen LogP contribution in [0.1, 0.15) is 28.2 Å². The van der Waals surface area contributed by atoms with Crippen molar-refractivity contribution in [2.75, 3.05) is 6.61 Å². The van der Waals surface area contributed by atoms with E-state index in [1.807, 2.05) is 48.5 Å². The van der Waals surface area contributed by atoms with Crippen molar-refractivity contribution >= 4 is 11.9 Å². The fourth-order valence-corrected chi connectivity index (χ4v) is 4.50. The number of fused-ring (bicyclic) bond motifs is 3. The molecule has 176 valence electrons. The van der Waals surface area contributed by atoms with E-state index in [9.17, 15) is 27.9 Å². The number of hydrogen-bond acceptors (Lipinski definition) is 4. The fourth-order valence-electron chi connectivity index (χ4n) is 4.50. The molecule has 1 aliphatic rings. The molecule has 0 radical (unpaired) electrons. The molecule has 0 saturated carbocycles. The van der Waals surface area contributed by atoms with Gasteiger partial charge in [-0.2, -0.15) is 13.2 Å². The summed E-state index contributed by atoms with van der Waals surface area (Å²) in [5, 5.41) is 9.63. The summed E-state index contributed by atoms with van der Waals surface area (Å²) in [4.78, 5) is 24.6. The Bertz CT molecular complexity index is 1180. The van der Waals surface area contributed by atoms with E-state index in [2.05, 4.69) is 0 Å². The third-order valence-corrected chi connectivity index (χ3v) is 6.08. The van der Waals surface area contributed by atoms with Gasteiger partial charge in [-0.25, -0.2) is 0 Å². The van der Waals surface area contributed by atoms with Gasteiger partial charge in [0.05, 0.1) is 5.56 Å². The van der Waals surface area contributed by atoms with Gasteiger partial charge in [-0.15, -0.1) is 0 Å². The normalized spacial score (nSPS) is 14.7. The zero-order chi connectivity index (χ0) is 24.5. The maximum Gasteiger partial charge on any atom is 0.416 e. The first kappa shape index (κ1) is 23.5. The molecule has 4 rings (SSSR count). The zero-order valence-electron chi connectivity index (χ0n) is 18.0. The molecule has 0 heterocycles. The van der Waals surface area contributed by atoms with Crippen molar-refractivity contribution in [3.05, 3.63) is 95.1 Å². The van der Waals surface area contributed by atoms with Gasteiger partial charge in [0.25, 0.3) is 0 Å². The topological polar surface area (TPSA) is 89.6 Å². The highest BCUT2D eigenvalue weighted by atomic mass is 19.4. The number of benzene rings is 3. The highest BCUT2D eigenvalue weighted by Gasteiger charge is 2.38. The van der Waals surface area contributed by atoms with E-state index in [0.29, 0.717) is 0 Å². The van der Waals surface area contributed by atoms with Crippen molar-refractivity contribution in [3.63, 3.8) is 0 Å². The van der Waals surface area contributed by atoms with Crippen LogP contribution in [0.25, 0.3) is 11.1 Å². The van der Waals surface area contributed by atoms with Crippen LogP contribution in [-0.2, 0) is 26.9 Å². The Kier molecular flexibility index (Phi) is 6.43. The molecule has 2 atom stereocenters. The van der Waals surface area contributed by atoms with E-state index in [1.165, 1.54) is 18.2 Å². The van der Waals surface area contributed by atoms with Crippen LogP contribution in [0.2, 0.25) is 0 Å². The average Bonchev–Trinajstić information content (AvgIpc) is 3.11. The first-order valence-electron chi connectivity index (χ1n) is 10.7. The Hall–Kier alpha value is -3.65. The van der Waals surface area contributed by atoms with Crippen LogP contribution < -0.4 is 5.73 Å². The van der Waals surface area contributed by atoms with Crippen molar-refractivity contribution in [1.82, 2.24) is 0 Å². The summed E-state index contributed by atoms with van der Waals surface area (Å²) in [6.07, 6.45) is -5.07. The van der Waals surface area contributed by atoms with Gasteiger partial charge in [0.1, 0.15) is 6.61 Å². The van der Waals surface area contributed by atoms with Gasteiger partial charge >= 0.3 is 18.1 Å². The molecule has 0 spiro atoms. The Morgan fingerprint density at radius 2 is 1.44 bits per heavy atom. The van der Waals surface area contributed by atoms with Crippen LogP contribution in [-0.4, -0.2) is 29.7 Å². The van der Waals surface area contributed by atoms with E-state index < -0.39 is 42.1 Å². The number of carboxylic acids is 1. The summed E-state index contributed by atoms with van der Waals surface area (Å²) in [6.45, 7) is -0.109. The number of carbonyl (C=O) groups is 2. The van der Waals surface area contributed by atoms with Crippen LogP contribution in [0.15, 0.2) is 72.8 Å². The summed E-state index contributed by atoms with van der Waals surface area (Å²) >= 11 is 0. The second-order valence-corrected chi connectivity index (χ2v) is 8.20. The van der Waals surface area contributed by atoms with Gasteiger partial charge in [0.15, 0.2) is 5.92 Å². The summed E-state index contributed by atoms with van der Waals surface area (Å²) < 4.78 is 45.3. The number of carboxylic acid groups (broad SMARTS) is 1. The van der Waals surface area contributed by atoms with Crippen LogP contribution in [0.5, 0.6) is 0 Å². The SMILES string of the molecule is N[C@@H](Cc1ccccc1C(F)(F)F)[C@@H](C(=O)O)C(=O)OCC1c2ccccc2-c2ccccc21. The van der Waals surface area contributed by atoms with Crippen molar-refractivity contribution in [1.29, 1.82) is 0 Å². The van der Waals surface area contributed by atoms with Crippen molar-refractivity contribution in [3.8, 4) is 11.1 Å². The number of nitrogens with two attached hydrogens (primary N) is 1. The number of ether oxygens (including phenoxy) is 1. The standard InChI is InChI=1S/C26H22F3NO4/c27-26(28,29)21-12-6-1-7-15(21)13-22(30)23(24(31)32)25(33)34-14-20-18-10-4-2-8-16(18)17-9-3-5-11-19(17)20/h1-12,20,22-23H,13-14,30H2,(H,31,32)/t22-,23-/m0/s1. The van der Waals surface area contributed by atoms with Crippen LogP contribution in [0, 0.1) is 5.92 Å². The Balaban J connectivity index is 1.51. The lowest BCUT2D eigenvalue weighted by molar-refractivity contribution is -0.159. The molecule has 0 aromatic heterocycles. The first-order chi connectivity index (χ1) is 16.2. The molecule has 3 aromatic carbocycles. The molecule has 1 aliphatic carbocycles. The molecule has 0 bridgehead atoms. The number of hydrogen-bond donors (Lipinski definition) is 2. The highest BCUT2D eigenvalue weighted by molar-refractivity contribution is 5.95. The minimum absolute atomic E-state index is 0.109. The second kappa shape index (κ2) is 9.30. The van der Waals surface area contributed by atoms with Crippen molar-refractivity contribution in [2.24, 2.45) is 11.7 Å². The maximum absolute atomic E-state index is 13.3. The lowest BCUT2D eigenvalue weighted by Crippen LogP contribution is -2.43. The molecule has 3 N–H and O–H groups in total. The van der Waals surface area contributed by atoms with Gasteiger partial charge < -0.3 is 15.6 Å². The van der Waals surface area contributed by atoms with Crippen molar-refractivity contribution < 1.29 is 32.6 Å². The number of alkyl halides is 3. The lowest BCUT2D eigenvalue weighted by atomic mass is 9.91. The molecular formula is C26H22F3NO4. The number of esters is 1. The minimum Gasteiger partial charge on any atom is -0.481 e. The molecule has 8 heteroatoms. The Morgan fingerprint density at radius 3 is 2.00 bits per heavy atom. The highest BCUT2D eigenvalue weighted by Crippen LogP contribution is 2.44. The number of aliphatic carboxylic acids is 1. The van der Waals surface area contributed by atoms with E-state index in [4.69, 9.17) is 10.5 Å². The van der Waals surface area contributed by atoms with E-state index >= 15 is 0 Å². The average molecular weight is 469 g/mol. The predicted octanol–water partition coefficient (Wildman–Crippen LogP) is 4.63. The molecule has 0 fully saturated rings. The van der Waals surface area contributed by atoms with Gasteiger partial charge in [-0.1, -0.05) is 66.7 Å². The Labute approximate surface area is 194 Å². The van der Waals surface area contributed by atoms with Gasteiger partial charge in [0.2, 0.25) is 0 Å². The summed E-state index contributed by atoms with van der Waals surface area (Å²) in [7, 11) is 0. The summed E-state index contributed by atoms with van der Waals surface area (Å²) in [6, 6.07) is 18.7. The van der Waals surface area contributed by atoms with Crippen LogP contribution >= 0.6 is 0 Å². The third-order valence-electron chi connectivity index (χ3n) is 6.08. The molecule has 3 aromatic rings. The summed E-state index contributed by atoms with van der Waals surface area (Å²) in [5.41, 5.74) is 8.78. The molecule has 0 unspecified atom stereocenters. The van der Waals surface area contributed by atoms with Gasteiger partial charge in [-0.3, -0.25) is 9.59 Å². The van der Waals surface area contributed by atoms with E-state index in [-0.39, 0.29) is 18.1 Å². The molecule has 0 aliphatic heterocycles. The van der Waals surface area contributed by atoms with Gasteiger partial charge in [0, 0.05) is 12.0 Å². The molecule has 0 amide bonds. The predicted molar refractivity (Wildman–Crippen MR) is 119 cm³/mol. The minimum atomic E-state index is -4.63. The Morgan fingerprint density at radius 1 is 0.912 bits per heavy atom. The molecule has 0 saturated heterocycles. The molecule has 5 nitrogen and oxygen atoms in total. The number of halogens is 3. The monoisotopic (exact) mass is 469 g/mol. The second-order valence-electron chi connectivity index (χ2n) is 8.20. The lowest BCUT2D eigenvalue weighted by Gasteiger charge is -2.22. The number of rotatable bonds is 7. The largest absolute Gasteiger partial charge is 0.481 e. The third kappa shape index (κ3) is 4.54. The summed E-state index contributed by atoms with van der Waals surface area (Å²) in [5.74, 6) is -4.72. The zero-order valence-corrected chi connectivity index (χ0v) is 18.0.